The molecule has 0 radical (unpaired) electrons. The number of ether oxygens (including phenoxy) is 1. The molecule has 0 spiro atoms. The Kier molecular flexibility index (Phi) is 2.88. The summed E-state index contributed by atoms with van der Waals surface area (Å²) in [5.74, 6) is -0.605. The minimum absolute atomic E-state index is 0.0735. The van der Waals surface area contributed by atoms with Crippen LogP contribution >= 0.6 is 11.6 Å². The Morgan fingerprint density at radius 1 is 1.54 bits per heavy atom. The molecule has 13 heavy (non-hydrogen) atoms. The fourth-order valence-corrected chi connectivity index (χ4v) is 1.38. The molecule has 2 nitrogen and oxygen atoms in total. The van der Waals surface area contributed by atoms with E-state index in [1.165, 1.54) is 14.0 Å². The standard InChI is InChI=1S/C9H8ClFO2/c1-5(12)9-7(10)3-6(11)4-8(9)13-2/h3-4H,1-2H3. The first-order chi connectivity index (χ1) is 6.06. The van der Waals surface area contributed by atoms with Crippen LogP contribution in [0.15, 0.2) is 12.1 Å². The Hall–Kier alpha value is -1.09. The first kappa shape index (κ1) is 9.99. The zero-order valence-electron chi connectivity index (χ0n) is 7.23. The molecule has 0 fully saturated rings. The van der Waals surface area contributed by atoms with E-state index >= 15 is 0 Å². The van der Waals surface area contributed by atoms with Crippen molar-refractivity contribution < 1.29 is 13.9 Å². The van der Waals surface area contributed by atoms with E-state index < -0.39 is 5.82 Å². The third kappa shape index (κ3) is 1.98. The summed E-state index contributed by atoms with van der Waals surface area (Å²) < 4.78 is 17.6. The van der Waals surface area contributed by atoms with Crippen molar-refractivity contribution in [2.24, 2.45) is 0 Å². The molecular formula is C9H8ClFO2. The molecule has 0 saturated heterocycles. The van der Waals surface area contributed by atoms with Gasteiger partial charge in [-0.15, -0.1) is 0 Å². The molecule has 0 aliphatic heterocycles. The summed E-state index contributed by atoms with van der Waals surface area (Å²) in [6, 6.07) is 2.21. The van der Waals surface area contributed by atoms with Crippen molar-refractivity contribution in [1.29, 1.82) is 0 Å². The largest absolute Gasteiger partial charge is 0.496 e. The fraction of sp³-hybridized carbons (Fsp3) is 0.222. The van der Waals surface area contributed by atoms with Gasteiger partial charge < -0.3 is 4.74 Å². The topological polar surface area (TPSA) is 26.3 Å². The second kappa shape index (κ2) is 3.75. The van der Waals surface area contributed by atoms with Gasteiger partial charge in [0.1, 0.15) is 11.6 Å². The summed E-state index contributed by atoms with van der Waals surface area (Å²) in [5, 5.41) is 0.0735. The molecule has 0 aliphatic carbocycles. The summed E-state index contributed by atoms with van der Waals surface area (Å²) >= 11 is 5.67. The van der Waals surface area contributed by atoms with Gasteiger partial charge in [-0.25, -0.2) is 4.39 Å². The molecule has 0 heterocycles. The van der Waals surface area contributed by atoms with Crippen LogP contribution in [0.3, 0.4) is 0 Å². The van der Waals surface area contributed by atoms with Gasteiger partial charge in [0.15, 0.2) is 5.78 Å². The smallest absolute Gasteiger partial charge is 0.165 e. The highest BCUT2D eigenvalue weighted by Crippen LogP contribution is 2.28. The van der Waals surface area contributed by atoms with Crippen LogP contribution in [0.5, 0.6) is 5.75 Å². The maximum absolute atomic E-state index is 12.8. The van der Waals surface area contributed by atoms with Crippen molar-refractivity contribution in [1.82, 2.24) is 0 Å². The lowest BCUT2D eigenvalue weighted by atomic mass is 10.1. The number of methoxy groups -OCH3 is 1. The zero-order valence-corrected chi connectivity index (χ0v) is 7.98. The van der Waals surface area contributed by atoms with Crippen molar-refractivity contribution in [3.63, 3.8) is 0 Å². The number of carbonyl (C=O) groups is 1. The highest BCUT2D eigenvalue weighted by molar-refractivity contribution is 6.34. The SMILES string of the molecule is COc1cc(F)cc(Cl)c1C(C)=O. The maximum Gasteiger partial charge on any atom is 0.165 e. The zero-order chi connectivity index (χ0) is 10.0. The van der Waals surface area contributed by atoms with E-state index in [4.69, 9.17) is 16.3 Å². The molecule has 1 aromatic rings. The van der Waals surface area contributed by atoms with E-state index in [9.17, 15) is 9.18 Å². The fourth-order valence-electron chi connectivity index (χ4n) is 1.05. The Bertz CT molecular complexity index is 350. The number of carbonyl (C=O) groups excluding carboxylic acids is 1. The molecule has 0 atom stereocenters. The van der Waals surface area contributed by atoms with Gasteiger partial charge in [0, 0.05) is 6.07 Å². The summed E-state index contributed by atoms with van der Waals surface area (Å²) in [6.07, 6.45) is 0. The Balaban J connectivity index is 3.38. The van der Waals surface area contributed by atoms with Crippen molar-refractivity contribution >= 4 is 17.4 Å². The molecule has 0 aliphatic rings. The number of Topliss-reactive ketones (excluding diaryl/α,β-unsaturated/α-hetero) is 1. The molecule has 0 saturated carbocycles. The first-order valence-corrected chi connectivity index (χ1v) is 3.98. The highest BCUT2D eigenvalue weighted by atomic mass is 35.5. The summed E-state index contributed by atoms with van der Waals surface area (Å²) in [4.78, 5) is 11.1. The van der Waals surface area contributed by atoms with Crippen LogP contribution in [0, 0.1) is 5.82 Å². The van der Waals surface area contributed by atoms with Gasteiger partial charge in [-0.2, -0.15) is 0 Å². The molecule has 70 valence electrons. The van der Waals surface area contributed by atoms with Crippen molar-refractivity contribution in [3.8, 4) is 5.75 Å². The third-order valence-corrected chi connectivity index (χ3v) is 1.89. The van der Waals surface area contributed by atoms with E-state index in [0.29, 0.717) is 0 Å². The molecule has 0 aromatic heterocycles. The lowest BCUT2D eigenvalue weighted by Gasteiger charge is -2.07. The predicted octanol–water partition coefficient (Wildman–Crippen LogP) is 2.69. The van der Waals surface area contributed by atoms with Gasteiger partial charge in [0.25, 0.3) is 0 Å². The molecule has 0 amide bonds. The third-order valence-electron chi connectivity index (χ3n) is 1.59. The van der Waals surface area contributed by atoms with E-state index in [-0.39, 0.29) is 22.1 Å². The second-order valence-corrected chi connectivity index (χ2v) is 2.93. The van der Waals surface area contributed by atoms with Crippen molar-refractivity contribution in [3.05, 3.63) is 28.5 Å². The van der Waals surface area contributed by atoms with E-state index in [0.717, 1.165) is 12.1 Å². The molecule has 1 aromatic carbocycles. The first-order valence-electron chi connectivity index (χ1n) is 3.60. The second-order valence-electron chi connectivity index (χ2n) is 2.52. The minimum Gasteiger partial charge on any atom is -0.496 e. The Morgan fingerprint density at radius 2 is 2.15 bits per heavy atom. The normalized spacial score (nSPS) is 9.85. The van der Waals surface area contributed by atoms with Crippen LogP contribution in [0.1, 0.15) is 17.3 Å². The van der Waals surface area contributed by atoms with E-state index in [1.54, 1.807) is 0 Å². The number of hydrogen-bond donors (Lipinski definition) is 0. The van der Waals surface area contributed by atoms with Gasteiger partial charge in [0.05, 0.1) is 17.7 Å². The number of hydrogen-bond acceptors (Lipinski definition) is 2. The van der Waals surface area contributed by atoms with Crippen LogP contribution in [-0.2, 0) is 0 Å². The average molecular weight is 203 g/mol. The molecule has 4 heteroatoms. The van der Waals surface area contributed by atoms with Crippen LogP contribution in [-0.4, -0.2) is 12.9 Å². The van der Waals surface area contributed by atoms with Gasteiger partial charge in [0.2, 0.25) is 0 Å². The molecule has 0 bridgehead atoms. The lowest BCUT2D eigenvalue weighted by Crippen LogP contribution is -1.99. The Morgan fingerprint density at radius 3 is 2.62 bits per heavy atom. The van der Waals surface area contributed by atoms with Crippen LogP contribution in [0.25, 0.3) is 0 Å². The number of halogens is 2. The molecule has 1 rings (SSSR count). The quantitative estimate of drug-likeness (QED) is 0.690. The summed E-state index contributed by atoms with van der Waals surface area (Å²) in [7, 11) is 1.36. The van der Waals surface area contributed by atoms with Crippen LogP contribution < -0.4 is 4.74 Å². The van der Waals surface area contributed by atoms with Crippen LogP contribution in [0.4, 0.5) is 4.39 Å². The van der Waals surface area contributed by atoms with Gasteiger partial charge in [-0.05, 0) is 13.0 Å². The Labute approximate surface area is 80.3 Å². The van der Waals surface area contributed by atoms with Crippen molar-refractivity contribution in [2.45, 2.75) is 6.92 Å². The van der Waals surface area contributed by atoms with E-state index in [1.807, 2.05) is 0 Å². The number of rotatable bonds is 2. The summed E-state index contributed by atoms with van der Waals surface area (Å²) in [6.45, 7) is 1.35. The number of ketones is 1. The molecule has 0 N–H and O–H groups in total. The molecule has 0 unspecified atom stereocenters. The monoisotopic (exact) mass is 202 g/mol. The van der Waals surface area contributed by atoms with Gasteiger partial charge in [-0.3, -0.25) is 4.79 Å². The maximum atomic E-state index is 12.8. The number of benzene rings is 1. The van der Waals surface area contributed by atoms with E-state index in [2.05, 4.69) is 0 Å². The minimum atomic E-state index is -0.521. The lowest BCUT2D eigenvalue weighted by molar-refractivity contribution is 0.101. The van der Waals surface area contributed by atoms with Gasteiger partial charge >= 0.3 is 0 Å². The predicted molar refractivity (Wildman–Crippen MR) is 48.0 cm³/mol. The summed E-state index contributed by atoms with van der Waals surface area (Å²) in [5.41, 5.74) is 0.213. The van der Waals surface area contributed by atoms with Crippen molar-refractivity contribution in [2.75, 3.05) is 7.11 Å². The van der Waals surface area contributed by atoms with Gasteiger partial charge in [-0.1, -0.05) is 11.6 Å². The molecular weight excluding hydrogens is 195 g/mol. The average Bonchev–Trinajstić information content (AvgIpc) is 2.01. The van der Waals surface area contributed by atoms with Crippen LogP contribution in [0.2, 0.25) is 5.02 Å². The highest BCUT2D eigenvalue weighted by Gasteiger charge is 2.14.